The number of carbonyl (C=O) groups is 1. The second-order valence-electron chi connectivity index (χ2n) is 1.70. The molecule has 0 saturated carbocycles. The number of nitrogens with zero attached hydrogens (tertiary/aromatic N) is 2. The Bertz CT molecular complexity index is 191. The van der Waals surface area contributed by atoms with Crippen LogP contribution in [0, 0.1) is 17.2 Å². The minimum Gasteiger partial charge on any atom is -0.335 e. The topological polar surface area (TPSA) is 65.2 Å². The van der Waals surface area contributed by atoms with E-state index in [1.165, 1.54) is 6.21 Å². The van der Waals surface area contributed by atoms with Gasteiger partial charge >= 0.3 is 6.03 Å². The summed E-state index contributed by atoms with van der Waals surface area (Å²) in [5.41, 5.74) is 0. The molecule has 0 aromatic carbocycles. The lowest BCUT2D eigenvalue weighted by Crippen LogP contribution is -2.31. The van der Waals surface area contributed by atoms with Crippen molar-refractivity contribution in [3.63, 3.8) is 0 Å². The van der Waals surface area contributed by atoms with Crippen LogP contribution >= 0.6 is 0 Å². The van der Waals surface area contributed by atoms with Crippen molar-refractivity contribution in [2.45, 2.75) is 0 Å². The third kappa shape index (κ3) is 1.26. The molecule has 0 radical (unpaired) electrons. The Kier molecular flexibility index (Phi) is 1.45. The number of amides is 2. The van der Waals surface area contributed by atoms with Gasteiger partial charge in [0.05, 0.1) is 12.0 Å². The van der Waals surface area contributed by atoms with E-state index in [0.717, 1.165) is 0 Å². The maximum Gasteiger partial charge on any atom is 0.340 e. The van der Waals surface area contributed by atoms with Gasteiger partial charge in [0.2, 0.25) is 0 Å². The van der Waals surface area contributed by atoms with Gasteiger partial charge in [-0.15, -0.1) is 0 Å². The molecule has 1 unspecified atom stereocenters. The first-order valence-electron chi connectivity index (χ1n) is 2.54. The predicted molar refractivity (Wildman–Crippen MR) is 31.0 cm³/mol. The van der Waals surface area contributed by atoms with Crippen LogP contribution in [0.4, 0.5) is 4.79 Å². The van der Waals surface area contributed by atoms with E-state index in [1.807, 2.05) is 6.07 Å². The van der Waals surface area contributed by atoms with Crippen molar-refractivity contribution in [1.82, 2.24) is 5.32 Å². The number of aliphatic imine (C=N–C) groups is 1. The lowest BCUT2D eigenvalue weighted by molar-refractivity contribution is 0.248. The van der Waals surface area contributed by atoms with Crippen LogP contribution in [-0.2, 0) is 0 Å². The van der Waals surface area contributed by atoms with Crippen LogP contribution in [0.5, 0.6) is 0 Å². The van der Waals surface area contributed by atoms with E-state index in [0.29, 0.717) is 6.54 Å². The van der Waals surface area contributed by atoms with Crippen molar-refractivity contribution in [3.05, 3.63) is 0 Å². The van der Waals surface area contributed by atoms with Gasteiger partial charge < -0.3 is 5.32 Å². The molecular weight excluding hydrogens is 118 g/mol. The van der Waals surface area contributed by atoms with Gasteiger partial charge in [-0.1, -0.05) is 0 Å². The van der Waals surface area contributed by atoms with E-state index in [2.05, 4.69) is 10.3 Å². The Labute approximate surface area is 52.2 Å². The van der Waals surface area contributed by atoms with Crippen molar-refractivity contribution in [2.24, 2.45) is 10.9 Å². The summed E-state index contributed by atoms with van der Waals surface area (Å²) in [6.07, 6.45) is 1.36. The highest BCUT2D eigenvalue weighted by atomic mass is 16.2. The van der Waals surface area contributed by atoms with Gasteiger partial charge in [-0.25, -0.2) is 9.79 Å². The third-order valence-corrected chi connectivity index (χ3v) is 1.01. The number of nitriles is 1. The molecule has 46 valence electrons. The number of urea groups is 1. The summed E-state index contributed by atoms with van der Waals surface area (Å²) < 4.78 is 0. The van der Waals surface area contributed by atoms with Crippen molar-refractivity contribution in [2.75, 3.05) is 6.54 Å². The fraction of sp³-hybridized carbons (Fsp3) is 0.400. The summed E-state index contributed by atoms with van der Waals surface area (Å²) in [4.78, 5) is 13.7. The van der Waals surface area contributed by atoms with Crippen LogP contribution in [-0.4, -0.2) is 18.8 Å². The maximum absolute atomic E-state index is 10.3. The Hall–Kier alpha value is -1.37. The number of nitrogens with one attached hydrogen (secondary N) is 1. The molecule has 4 nitrogen and oxygen atoms in total. The van der Waals surface area contributed by atoms with Gasteiger partial charge in [0.1, 0.15) is 0 Å². The van der Waals surface area contributed by atoms with Gasteiger partial charge in [-0.05, 0) is 0 Å². The molecule has 0 fully saturated rings. The first kappa shape index (κ1) is 5.76. The van der Waals surface area contributed by atoms with Gasteiger partial charge in [0.25, 0.3) is 0 Å². The number of carbonyl (C=O) groups excluding carboxylic acids is 1. The summed E-state index contributed by atoms with van der Waals surface area (Å²) in [7, 11) is 0. The molecule has 0 aliphatic carbocycles. The maximum atomic E-state index is 10.3. The molecule has 1 atom stereocenters. The minimum atomic E-state index is -0.360. The Morgan fingerprint density at radius 2 is 2.78 bits per heavy atom. The molecule has 1 rings (SSSR count). The molecule has 4 heteroatoms. The molecule has 9 heavy (non-hydrogen) atoms. The molecule has 1 N–H and O–H groups in total. The summed E-state index contributed by atoms with van der Waals surface area (Å²) in [6, 6.07) is 1.60. The van der Waals surface area contributed by atoms with Crippen LogP contribution in [0.2, 0.25) is 0 Å². The highest BCUT2D eigenvalue weighted by molar-refractivity contribution is 5.87. The van der Waals surface area contributed by atoms with Crippen LogP contribution in [0.3, 0.4) is 0 Å². The summed E-state index contributed by atoms with van der Waals surface area (Å²) in [5, 5.41) is 10.7. The number of hydrogen-bond acceptors (Lipinski definition) is 2. The Morgan fingerprint density at radius 1 is 2.00 bits per heavy atom. The predicted octanol–water partition coefficient (Wildman–Crippen LogP) is -0.0798. The first-order valence-corrected chi connectivity index (χ1v) is 2.54. The zero-order valence-electron chi connectivity index (χ0n) is 4.66. The van der Waals surface area contributed by atoms with Crippen molar-refractivity contribution < 1.29 is 4.79 Å². The van der Waals surface area contributed by atoms with Crippen LogP contribution in [0.15, 0.2) is 4.99 Å². The summed E-state index contributed by atoms with van der Waals surface area (Å²) in [6.45, 7) is 0.388. The Morgan fingerprint density at radius 3 is 3.22 bits per heavy atom. The molecule has 1 aliphatic heterocycles. The zero-order chi connectivity index (χ0) is 6.69. The van der Waals surface area contributed by atoms with Crippen molar-refractivity contribution in [1.29, 1.82) is 5.26 Å². The normalized spacial score (nSPS) is 24.8. The van der Waals surface area contributed by atoms with E-state index in [4.69, 9.17) is 5.26 Å². The van der Waals surface area contributed by atoms with Gasteiger partial charge in [0, 0.05) is 12.8 Å². The fourth-order valence-electron chi connectivity index (χ4n) is 0.532. The zero-order valence-corrected chi connectivity index (χ0v) is 4.66. The first-order chi connectivity index (χ1) is 4.33. The SMILES string of the molecule is N#CC1C=NC(=O)NC1. The van der Waals surface area contributed by atoms with Gasteiger partial charge in [0.15, 0.2) is 0 Å². The lowest BCUT2D eigenvalue weighted by Gasteiger charge is -2.07. The van der Waals surface area contributed by atoms with E-state index in [1.54, 1.807) is 0 Å². The smallest absolute Gasteiger partial charge is 0.335 e. The fourth-order valence-corrected chi connectivity index (χ4v) is 0.532. The van der Waals surface area contributed by atoms with E-state index in [-0.39, 0.29) is 11.9 Å². The Balaban J connectivity index is 2.60. The second kappa shape index (κ2) is 2.27. The van der Waals surface area contributed by atoms with E-state index >= 15 is 0 Å². The molecule has 2 amide bonds. The molecular formula is C5H5N3O. The molecule has 0 spiro atoms. The number of hydrogen-bond donors (Lipinski definition) is 1. The third-order valence-electron chi connectivity index (χ3n) is 1.01. The highest BCUT2D eigenvalue weighted by Gasteiger charge is 2.10. The molecule has 0 saturated heterocycles. The summed E-state index contributed by atoms with van der Waals surface area (Å²) >= 11 is 0. The lowest BCUT2D eigenvalue weighted by atomic mass is 10.2. The van der Waals surface area contributed by atoms with E-state index < -0.39 is 0 Å². The number of rotatable bonds is 0. The monoisotopic (exact) mass is 123 g/mol. The van der Waals surface area contributed by atoms with Gasteiger partial charge in [-0.3, -0.25) is 0 Å². The summed E-state index contributed by atoms with van der Waals surface area (Å²) in [5.74, 6) is -0.248. The standard InChI is InChI=1S/C5H5N3O/c6-1-4-2-7-5(9)8-3-4/h2,4H,3H2,(H,8,9). The molecule has 1 aliphatic rings. The van der Waals surface area contributed by atoms with E-state index in [9.17, 15) is 4.79 Å². The van der Waals surface area contributed by atoms with Crippen LogP contribution in [0.1, 0.15) is 0 Å². The largest absolute Gasteiger partial charge is 0.340 e. The van der Waals surface area contributed by atoms with Crippen molar-refractivity contribution in [3.8, 4) is 6.07 Å². The minimum absolute atomic E-state index is 0.248. The highest BCUT2D eigenvalue weighted by Crippen LogP contribution is 1.93. The average Bonchev–Trinajstić information content (AvgIpc) is 1.90. The second-order valence-corrected chi connectivity index (χ2v) is 1.70. The average molecular weight is 123 g/mol. The molecule has 1 heterocycles. The van der Waals surface area contributed by atoms with Crippen LogP contribution < -0.4 is 5.32 Å². The van der Waals surface area contributed by atoms with Gasteiger partial charge in [-0.2, -0.15) is 5.26 Å². The molecule has 0 bridgehead atoms. The van der Waals surface area contributed by atoms with Crippen molar-refractivity contribution >= 4 is 12.2 Å². The quantitative estimate of drug-likeness (QED) is 0.489. The van der Waals surface area contributed by atoms with Crippen LogP contribution in [0.25, 0.3) is 0 Å². The molecule has 0 aromatic rings. The molecule has 0 aromatic heterocycles.